The summed E-state index contributed by atoms with van der Waals surface area (Å²) in [6, 6.07) is 4.47. The number of carbonyl (C=O) groups excluding carboxylic acids is 1. The number of carbonyl (C=O) groups is 1. The molecule has 4 nitrogen and oxygen atoms in total. The van der Waals surface area contributed by atoms with Gasteiger partial charge in [0.1, 0.15) is 5.75 Å². The van der Waals surface area contributed by atoms with Gasteiger partial charge in [-0.25, -0.2) is 9.97 Å². The Morgan fingerprint density at radius 1 is 1.11 bits per heavy atom. The van der Waals surface area contributed by atoms with E-state index in [9.17, 15) is 18.0 Å². The monoisotopic (exact) mass is 268 g/mol. The van der Waals surface area contributed by atoms with E-state index in [1.807, 2.05) is 0 Å². The summed E-state index contributed by atoms with van der Waals surface area (Å²) in [4.78, 5) is 17.7. The Kier molecular flexibility index (Phi) is 3.46. The third-order valence-electron chi connectivity index (χ3n) is 2.18. The second kappa shape index (κ2) is 5.05. The van der Waals surface area contributed by atoms with Crippen LogP contribution in [-0.4, -0.2) is 16.3 Å². The number of aldehydes is 1. The smallest absolute Gasteiger partial charge is 0.419 e. The van der Waals surface area contributed by atoms with Crippen LogP contribution in [0.15, 0.2) is 36.7 Å². The standard InChI is InChI=1S/C12H7F3N2O2/c13-12(14,15)9-3-1-2-4-10(9)19-11-16-5-8(7-18)6-17-11/h1-7H. The van der Waals surface area contributed by atoms with Gasteiger partial charge in [0.15, 0.2) is 6.29 Å². The topological polar surface area (TPSA) is 52.1 Å². The minimum absolute atomic E-state index is 0.205. The van der Waals surface area contributed by atoms with Crippen LogP contribution in [0, 0.1) is 0 Å². The van der Waals surface area contributed by atoms with Crippen LogP contribution in [0.2, 0.25) is 0 Å². The number of rotatable bonds is 3. The predicted molar refractivity (Wildman–Crippen MR) is 58.9 cm³/mol. The quantitative estimate of drug-likeness (QED) is 0.802. The van der Waals surface area contributed by atoms with Gasteiger partial charge < -0.3 is 4.74 Å². The van der Waals surface area contributed by atoms with Crippen LogP contribution in [0.4, 0.5) is 13.2 Å². The molecule has 0 fully saturated rings. The molecule has 0 bridgehead atoms. The lowest BCUT2D eigenvalue weighted by Crippen LogP contribution is -2.07. The number of para-hydroxylation sites is 1. The van der Waals surface area contributed by atoms with Gasteiger partial charge in [0.05, 0.1) is 11.1 Å². The van der Waals surface area contributed by atoms with Crippen LogP contribution in [0.5, 0.6) is 11.8 Å². The first-order valence-corrected chi connectivity index (χ1v) is 5.12. The van der Waals surface area contributed by atoms with E-state index in [0.29, 0.717) is 6.29 Å². The van der Waals surface area contributed by atoms with Gasteiger partial charge in [-0.15, -0.1) is 0 Å². The van der Waals surface area contributed by atoms with E-state index in [4.69, 9.17) is 4.74 Å². The van der Waals surface area contributed by atoms with Crippen LogP contribution >= 0.6 is 0 Å². The highest BCUT2D eigenvalue weighted by Gasteiger charge is 2.34. The highest BCUT2D eigenvalue weighted by molar-refractivity contribution is 5.73. The second-order valence-corrected chi connectivity index (χ2v) is 3.51. The molecule has 19 heavy (non-hydrogen) atoms. The Balaban J connectivity index is 2.30. The first-order valence-electron chi connectivity index (χ1n) is 5.12. The summed E-state index contributed by atoms with van der Waals surface area (Å²) in [6.45, 7) is 0. The number of hydrogen-bond acceptors (Lipinski definition) is 4. The van der Waals surface area contributed by atoms with Crippen LogP contribution in [0.3, 0.4) is 0 Å². The zero-order valence-electron chi connectivity index (χ0n) is 9.39. The SMILES string of the molecule is O=Cc1cnc(Oc2ccccc2C(F)(F)F)nc1. The molecule has 2 rings (SSSR count). The van der Waals surface area contributed by atoms with E-state index < -0.39 is 17.5 Å². The summed E-state index contributed by atoms with van der Waals surface area (Å²) in [5.41, 5.74) is -0.713. The molecular weight excluding hydrogens is 261 g/mol. The lowest BCUT2D eigenvalue weighted by atomic mass is 10.2. The fourth-order valence-corrected chi connectivity index (χ4v) is 1.33. The maximum absolute atomic E-state index is 12.7. The molecule has 0 atom stereocenters. The van der Waals surface area contributed by atoms with Crippen LogP contribution in [-0.2, 0) is 6.18 Å². The van der Waals surface area contributed by atoms with E-state index in [1.165, 1.54) is 18.2 Å². The third kappa shape index (κ3) is 3.06. The number of ether oxygens (including phenoxy) is 1. The second-order valence-electron chi connectivity index (χ2n) is 3.51. The van der Waals surface area contributed by atoms with Crippen molar-refractivity contribution in [3.05, 3.63) is 47.8 Å². The molecule has 2 aromatic rings. The van der Waals surface area contributed by atoms with E-state index in [0.717, 1.165) is 18.5 Å². The van der Waals surface area contributed by atoms with Gasteiger partial charge in [-0.2, -0.15) is 13.2 Å². The van der Waals surface area contributed by atoms with Gasteiger partial charge in [-0.3, -0.25) is 4.79 Å². The molecule has 0 spiro atoms. The van der Waals surface area contributed by atoms with Crippen LogP contribution in [0.1, 0.15) is 15.9 Å². The van der Waals surface area contributed by atoms with Gasteiger partial charge in [0.2, 0.25) is 0 Å². The third-order valence-corrected chi connectivity index (χ3v) is 2.18. The van der Waals surface area contributed by atoms with Crippen LogP contribution in [0.25, 0.3) is 0 Å². The average Bonchev–Trinajstić information content (AvgIpc) is 2.39. The van der Waals surface area contributed by atoms with Gasteiger partial charge in [0, 0.05) is 12.4 Å². The molecule has 1 aromatic heterocycles. The molecule has 0 saturated heterocycles. The summed E-state index contributed by atoms with van der Waals surface area (Å²) >= 11 is 0. The van der Waals surface area contributed by atoms with Crippen molar-refractivity contribution in [3.63, 3.8) is 0 Å². The molecule has 7 heteroatoms. The van der Waals surface area contributed by atoms with E-state index in [2.05, 4.69) is 9.97 Å². The maximum Gasteiger partial charge on any atom is 0.419 e. The van der Waals surface area contributed by atoms with Crippen molar-refractivity contribution in [2.45, 2.75) is 6.18 Å². The molecule has 0 aliphatic rings. The number of alkyl halides is 3. The number of aromatic nitrogens is 2. The Bertz CT molecular complexity index is 582. The predicted octanol–water partition coefficient (Wildman–Crippen LogP) is 3.10. The Hall–Kier alpha value is -2.44. The molecule has 0 N–H and O–H groups in total. The molecule has 1 heterocycles. The largest absolute Gasteiger partial charge is 0.424 e. The normalized spacial score (nSPS) is 11.1. The molecule has 0 radical (unpaired) electrons. The molecule has 0 unspecified atom stereocenters. The first kappa shape index (κ1) is 13.0. The van der Waals surface area contributed by atoms with Crippen LogP contribution < -0.4 is 4.74 Å². The molecule has 1 aromatic carbocycles. The Labute approximate surface area is 105 Å². The molecule has 0 amide bonds. The average molecular weight is 268 g/mol. The summed E-state index contributed by atoms with van der Waals surface area (Å²) in [5.74, 6) is -0.395. The zero-order chi connectivity index (χ0) is 13.9. The van der Waals surface area contributed by atoms with E-state index in [-0.39, 0.29) is 11.6 Å². The van der Waals surface area contributed by atoms with Crippen molar-refractivity contribution in [1.82, 2.24) is 9.97 Å². The molecule has 0 saturated carbocycles. The summed E-state index contributed by atoms with van der Waals surface area (Å²) in [6.07, 6.45) is -1.69. The highest BCUT2D eigenvalue weighted by Crippen LogP contribution is 2.37. The van der Waals surface area contributed by atoms with Crippen molar-refractivity contribution in [2.75, 3.05) is 0 Å². The number of benzene rings is 1. The number of hydrogen-bond donors (Lipinski definition) is 0. The van der Waals surface area contributed by atoms with Crippen molar-refractivity contribution < 1.29 is 22.7 Å². The summed E-state index contributed by atoms with van der Waals surface area (Å²) < 4.78 is 43.1. The first-order chi connectivity index (χ1) is 9.00. The van der Waals surface area contributed by atoms with E-state index in [1.54, 1.807) is 0 Å². The van der Waals surface area contributed by atoms with Gasteiger partial charge in [-0.05, 0) is 12.1 Å². The van der Waals surface area contributed by atoms with Gasteiger partial charge in [0.25, 0.3) is 0 Å². The molecular formula is C12H7F3N2O2. The lowest BCUT2D eigenvalue weighted by Gasteiger charge is -2.11. The maximum atomic E-state index is 12.7. The highest BCUT2D eigenvalue weighted by atomic mass is 19.4. The fraction of sp³-hybridized carbons (Fsp3) is 0.0833. The van der Waals surface area contributed by atoms with Crippen molar-refractivity contribution in [1.29, 1.82) is 0 Å². The van der Waals surface area contributed by atoms with Gasteiger partial charge >= 0.3 is 12.2 Å². The van der Waals surface area contributed by atoms with Crippen molar-refractivity contribution in [3.8, 4) is 11.8 Å². The summed E-state index contributed by atoms with van der Waals surface area (Å²) in [7, 11) is 0. The van der Waals surface area contributed by atoms with Gasteiger partial charge in [-0.1, -0.05) is 12.1 Å². The van der Waals surface area contributed by atoms with E-state index >= 15 is 0 Å². The Morgan fingerprint density at radius 3 is 2.32 bits per heavy atom. The minimum Gasteiger partial charge on any atom is -0.424 e. The minimum atomic E-state index is -4.53. The number of halogens is 3. The fourth-order valence-electron chi connectivity index (χ4n) is 1.33. The molecule has 0 aliphatic heterocycles. The van der Waals surface area contributed by atoms with Crippen molar-refractivity contribution in [2.24, 2.45) is 0 Å². The zero-order valence-corrected chi connectivity index (χ0v) is 9.39. The summed E-state index contributed by atoms with van der Waals surface area (Å²) in [5, 5.41) is 0. The van der Waals surface area contributed by atoms with Crippen molar-refractivity contribution >= 4 is 6.29 Å². The number of nitrogens with zero attached hydrogens (tertiary/aromatic N) is 2. The molecule has 0 aliphatic carbocycles. The lowest BCUT2D eigenvalue weighted by molar-refractivity contribution is -0.138. The molecule has 98 valence electrons. The Morgan fingerprint density at radius 2 is 1.74 bits per heavy atom.